The number of hydrogen-bond donors (Lipinski definition) is 1. The van der Waals surface area contributed by atoms with Crippen LogP contribution in [0.15, 0.2) is 24.3 Å². The Morgan fingerprint density at radius 1 is 1.29 bits per heavy atom. The summed E-state index contributed by atoms with van der Waals surface area (Å²) in [5.41, 5.74) is 1.92. The molecule has 1 unspecified atom stereocenters. The molecule has 2 nitrogen and oxygen atoms in total. The van der Waals surface area contributed by atoms with Crippen molar-refractivity contribution in [3.63, 3.8) is 0 Å². The van der Waals surface area contributed by atoms with Crippen LogP contribution in [0.2, 0.25) is 5.02 Å². The highest BCUT2D eigenvalue weighted by Crippen LogP contribution is 2.48. The van der Waals surface area contributed by atoms with Crippen LogP contribution in [0, 0.1) is 5.41 Å². The fraction of sp³-hybridized carbons (Fsp3) is 0.667. The van der Waals surface area contributed by atoms with Gasteiger partial charge in [0.15, 0.2) is 0 Å². The van der Waals surface area contributed by atoms with Gasteiger partial charge in [-0.2, -0.15) is 0 Å². The molecule has 1 N–H and O–H groups in total. The van der Waals surface area contributed by atoms with Crippen molar-refractivity contribution in [2.24, 2.45) is 5.41 Å². The molecule has 0 aliphatic carbocycles. The molecular formula is C18H27ClN2. The fourth-order valence-electron chi connectivity index (χ4n) is 4.31. The first-order chi connectivity index (χ1) is 10.2. The van der Waals surface area contributed by atoms with Gasteiger partial charge in [-0.1, -0.05) is 30.7 Å². The van der Waals surface area contributed by atoms with Crippen molar-refractivity contribution < 1.29 is 0 Å². The predicted octanol–water partition coefficient (Wildman–Crippen LogP) is 3.91. The summed E-state index contributed by atoms with van der Waals surface area (Å²) in [5, 5.41) is 4.48. The van der Waals surface area contributed by atoms with E-state index in [1.165, 1.54) is 57.4 Å². The van der Waals surface area contributed by atoms with Crippen LogP contribution in [0.25, 0.3) is 0 Å². The first kappa shape index (κ1) is 15.3. The molecule has 2 heterocycles. The zero-order valence-electron chi connectivity index (χ0n) is 13.1. The zero-order valence-corrected chi connectivity index (χ0v) is 13.8. The molecule has 3 rings (SSSR count). The molecule has 21 heavy (non-hydrogen) atoms. The van der Waals surface area contributed by atoms with Gasteiger partial charge in [0.1, 0.15) is 0 Å². The van der Waals surface area contributed by atoms with Crippen LogP contribution in [-0.2, 0) is 0 Å². The molecule has 1 aromatic carbocycles. The van der Waals surface area contributed by atoms with Gasteiger partial charge >= 0.3 is 0 Å². The van der Waals surface area contributed by atoms with E-state index in [1.807, 2.05) is 6.07 Å². The summed E-state index contributed by atoms with van der Waals surface area (Å²) in [6.45, 7) is 8.36. The Morgan fingerprint density at radius 2 is 2.10 bits per heavy atom. The lowest BCUT2D eigenvalue weighted by molar-refractivity contribution is 0.0539. The molecule has 3 heteroatoms. The molecule has 2 saturated heterocycles. The lowest BCUT2D eigenvalue weighted by Gasteiger charge is -2.50. The van der Waals surface area contributed by atoms with Crippen LogP contribution in [0.3, 0.4) is 0 Å². The van der Waals surface area contributed by atoms with Gasteiger partial charge in [-0.3, -0.25) is 0 Å². The van der Waals surface area contributed by atoms with Gasteiger partial charge in [0.25, 0.3) is 0 Å². The second kappa shape index (κ2) is 6.68. The van der Waals surface area contributed by atoms with Crippen LogP contribution in [0.1, 0.15) is 44.1 Å². The smallest absolute Gasteiger partial charge is 0.0408 e. The van der Waals surface area contributed by atoms with Gasteiger partial charge in [-0.15, -0.1) is 0 Å². The summed E-state index contributed by atoms with van der Waals surface area (Å²) in [7, 11) is 0. The quantitative estimate of drug-likeness (QED) is 0.911. The lowest BCUT2D eigenvalue weighted by Crippen LogP contribution is -2.50. The molecule has 2 fully saturated rings. The number of halogens is 1. The van der Waals surface area contributed by atoms with Gasteiger partial charge < -0.3 is 10.2 Å². The van der Waals surface area contributed by atoms with Crippen LogP contribution in [0.4, 0.5) is 0 Å². The van der Waals surface area contributed by atoms with Crippen molar-refractivity contribution in [2.45, 2.75) is 38.5 Å². The topological polar surface area (TPSA) is 15.3 Å². The monoisotopic (exact) mass is 306 g/mol. The zero-order chi connectivity index (χ0) is 14.7. The van der Waals surface area contributed by atoms with Crippen molar-refractivity contribution in [1.29, 1.82) is 0 Å². The van der Waals surface area contributed by atoms with Crippen molar-refractivity contribution >= 4 is 11.6 Å². The molecular weight excluding hydrogens is 280 g/mol. The summed E-state index contributed by atoms with van der Waals surface area (Å²) < 4.78 is 0. The summed E-state index contributed by atoms with van der Waals surface area (Å²) >= 11 is 6.23. The van der Waals surface area contributed by atoms with E-state index in [9.17, 15) is 0 Å². The lowest BCUT2D eigenvalue weighted by atomic mass is 9.63. The highest BCUT2D eigenvalue weighted by Gasteiger charge is 2.43. The molecule has 1 spiro atoms. The van der Waals surface area contributed by atoms with E-state index in [0.29, 0.717) is 11.3 Å². The van der Waals surface area contributed by atoms with Crippen molar-refractivity contribution in [3.8, 4) is 0 Å². The Hall–Kier alpha value is -0.570. The van der Waals surface area contributed by atoms with Crippen molar-refractivity contribution in [1.82, 2.24) is 10.2 Å². The maximum atomic E-state index is 6.23. The average Bonchev–Trinajstić information content (AvgIpc) is 2.50. The van der Waals surface area contributed by atoms with E-state index < -0.39 is 0 Å². The number of hydrogen-bond acceptors (Lipinski definition) is 2. The molecule has 116 valence electrons. The molecule has 2 aliphatic rings. The largest absolute Gasteiger partial charge is 0.316 e. The third kappa shape index (κ3) is 3.28. The van der Waals surface area contributed by atoms with Crippen molar-refractivity contribution in [3.05, 3.63) is 34.9 Å². The van der Waals surface area contributed by atoms with E-state index >= 15 is 0 Å². The van der Waals surface area contributed by atoms with E-state index in [2.05, 4.69) is 35.3 Å². The second-order valence-corrected chi connectivity index (χ2v) is 7.20. The van der Waals surface area contributed by atoms with Gasteiger partial charge in [0, 0.05) is 17.5 Å². The molecule has 0 amide bonds. The Balaban J connectivity index is 1.79. The van der Waals surface area contributed by atoms with E-state index in [1.54, 1.807) is 0 Å². The molecule has 0 radical (unpaired) electrons. The third-order valence-electron chi connectivity index (χ3n) is 5.53. The van der Waals surface area contributed by atoms with Crippen LogP contribution in [-0.4, -0.2) is 37.6 Å². The molecule has 1 atom stereocenters. The number of benzene rings is 1. The molecule has 1 aromatic rings. The second-order valence-electron chi connectivity index (χ2n) is 6.77. The van der Waals surface area contributed by atoms with E-state index in [4.69, 9.17) is 11.6 Å². The summed E-state index contributed by atoms with van der Waals surface area (Å²) in [5.74, 6) is 0.619. The standard InChI is InChI=1S/C18H27ClN2/c1-2-10-21-11-7-18(8-12-21)6-9-20-14-17(18)15-4-3-5-16(19)13-15/h3-5,13,17,20H,2,6-12,14H2,1H3. The number of piperidine rings is 2. The first-order valence-corrected chi connectivity index (χ1v) is 8.80. The van der Waals surface area contributed by atoms with Crippen LogP contribution >= 0.6 is 11.6 Å². The summed E-state index contributed by atoms with van der Waals surface area (Å²) in [6.07, 6.45) is 5.26. The maximum absolute atomic E-state index is 6.23. The van der Waals surface area contributed by atoms with Gasteiger partial charge in [0.05, 0.1) is 0 Å². The summed E-state index contributed by atoms with van der Waals surface area (Å²) in [4.78, 5) is 2.64. The predicted molar refractivity (Wildman–Crippen MR) is 90.1 cm³/mol. The Labute approximate surface area is 133 Å². The highest BCUT2D eigenvalue weighted by atomic mass is 35.5. The molecule has 0 bridgehead atoms. The highest BCUT2D eigenvalue weighted by molar-refractivity contribution is 6.30. The molecule has 2 aliphatic heterocycles. The SMILES string of the molecule is CCCN1CCC2(CCNCC2c2cccc(Cl)c2)CC1. The minimum Gasteiger partial charge on any atom is -0.316 e. The Bertz CT molecular complexity index is 466. The van der Waals surface area contributed by atoms with Gasteiger partial charge in [0.2, 0.25) is 0 Å². The Morgan fingerprint density at radius 3 is 2.81 bits per heavy atom. The summed E-state index contributed by atoms with van der Waals surface area (Å²) in [6, 6.07) is 8.53. The molecule has 0 saturated carbocycles. The first-order valence-electron chi connectivity index (χ1n) is 8.42. The maximum Gasteiger partial charge on any atom is 0.0408 e. The normalized spacial score (nSPS) is 26.1. The Kier molecular flexibility index (Phi) is 4.88. The number of likely N-dealkylation sites (tertiary alicyclic amines) is 1. The number of nitrogens with one attached hydrogen (secondary N) is 1. The minimum atomic E-state index is 0.486. The van der Waals surface area contributed by atoms with Crippen molar-refractivity contribution in [2.75, 3.05) is 32.7 Å². The van der Waals surface area contributed by atoms with Crippen LogP contribution in [0.5, 0.6) is 0 Å². The number of nitrogens with zero attached hydrogens (tertiary/aromatic N) is 1. The van der Waals surface area contributed by atoms with E-state index in [-0.39, 0.29) is 0 Å². The molecule has 0 aromatic heterocycles. The van der Waals surface area contributed by atoms with Gasteiger partial charge in [-0.05, 0) is 75.0 Å². The van der Waals surface area contributed by atoms with E-state index in [0.717, 1.165) is 11.6 Å². The number of rotatable bonds is 3. The van der Waals surface area contributed by atoms with Gasteiger partial charge in [-0.25, -0.2) is 0 Å². The van der Waals surface area contributed by atoms with Crippen LogP contribution < -0.4 is 5.32 Å². The fourth-order valence-corrected chi connectivity index (χ4v) is 4.50. The minimum absolute atomic E-state index is 0.486. The average molecular weight is 307 g/mol. The third-order valence-corrected chi connectivity index (χ3v) is 5.77.